The molecule has 80 heavy (non-hydrogen) atoms. The van der Waals surface area contributed by atoms with Gasteiger partial charge in [0.25, 0.3) is 11.8 Å². The summed E-state index contributed by atoms with van der Waals surface area (Å²) >= 11 is 25.2. The summed E-state index contributed by atoms with van der Waals surface area (Å²) in [6, 6.07) is 15.4. The number of hydrogen-bond donors (Lipinski definition) is 2. The number of anilines is 4. The number of carbonyl (C=O) groups excluding carboxylic acids is 6. The molecule has 0 spiro atoms. The minimum absolute atomic E-state index is 0.0325. The molecule has 4 saturated heterocycles. The van der Waals surface area contributed by atoms with Gasteiger partial charge in [0.05, 0.1) is 58.9 Å². The van der Waals surface area contributed by atoms with Crippen molar-refractivity contribution in [3.63, 3.8) is 0 Å². The van der Waals surface area contributed by atoms with Crippen LogP contribution in [0, 0.1) is 13.8 Å². The van der Waals surface area contributed by atoms with Gasteiger partial charge in [-0.3, -0.25) is 19.2 Å². The summed E-state index contributed by atoms with van der Waals surface area (Å²) in [7, 11) is 2.67. The fourth-order valence-electron chi connectivity index (χ4n) is 10.8. The smallest absolute Gasteiger partial charge is 0.444 e. The second-order valence-corrected chi connectivity index (χ2v) is 22.1. The van der Waals surface area contributed by atoms with Crippen molar-refractivity contribution in [2.45, 2.75) is 64.5 Å². The maximum atomic E-state index is 14.6. The molecule has 0 aromatic heterocycles. The highest BCUT2D eigenvalue weighted by molar-refractivity contribution is 6.34. The van der Waals surface area contributed by atoms with Crippen molar-refractivity contribution in [3.8, 4) is 11.5 Å². The Bertz CT molecular complexity index is 2750. The monoisotopic (exact) mass is 1180 g/mol. The average molecular weight is 1180 g/mol. The van der Waals surface area contributed by atoms with Crippen LogP contribution in [0.2, 0.25) is 20.1 Å². The molecule has 0 saturated carbocycles. The van der Waals surface area contributed by atoms with Gasteiger partial charge in [-0.2, -0.15) is 10.1 Å². The third-order valence-electron chi connectivity index (χ3n) is 15.4. The van der Waals surface area contributed by atoms with Gasteiger partial charge in [0.1, 0.15) is 11.5 Å². The van der Waals surface area contributed by atoms with E-state index in [1.165, 1.54) is 38.5 Å². The highest BCUT2D eigenvalue weighted by Gasteiger charge is 2.40. The van der Waals surface area contributed by atoms with Crippen LogP contribution < -0.4 is 30.7 Å². The number of nitrogens with zero attached hydrogens (tertiary/aromatic N) is 8. The number of aryl methyl sites for hydroxylation is 2. The standard InChI is InChI=1S/C56H68Cl4N10O10/c1-35-29-37(57)5-7-47(35)65-21-25-67(26-22-65)51(71)13-19-63-15-9-39(10-16-63)69(53(73)41-31-43(59)45(61)33-49(41)77-3)79-55(75)56(76)80-70(54(74)42-32-44(60)46(62)34-50(42)78-4)40-11-17-64(18-12-40)20-14-52(72)68-27-23-66(24-28-68)48-8-6-38(58)30-36(48)2/h5-8,29-34,39-40H,9-28,61-62H2,1-4H3. The number of amides is 4. The van der Waals surface area contributed by atoms with Crippen LogP contribution in [-0.2, 0) is 28.9 Å². The molecule has 4 aliphatic rings. The van der Waals surface area contributed by atoms with Crippen LogP contribution in [0.5, 0.6) is 11.5 Å². The Morgan fingerprint density at radius 1 is 0.512 bits per heavy atom. The molecule has 4 aliphatic heterocycles. The number of methoxy groups -OCH3 is 2. The summed E-state index contributed by atoms with van der Waals surface area (Å²) in [5.41, 5.74) is 16.5. The lowest BCUT2D eigenvalue weighted by Gasteiger charge is -2.39. The third kappa shape index (κ3) is 14.4. The van der Waals surface area contributed by atoms with Gasteiger partial charge in [-0.25, -0.2) is 9.59 Å². The molecule has 4 aromatic carbocycles. The predicted octanol–water partition coefficient (Wildman–Crippen LogP) is 7.01. The first-order chi connectivity index (χ1) is 38.3. The number of hydrogen-bond acceptors (Lipinski definition) is 16. The first kappa shape index (κ1) is 59.7. The summed E-state index contributed by atoms with van der Waals surface area (Å²) in [5, 5.41) is 3.05. The molecule has 0 unspecified atom stereocenters. The van der Waals surface area contributed by atoms with Crippen LogP contribution in [0.3, 0.4) is 0 Å². The lowest BCUT2D eigenvalue weighted by atomic mass is 10.0. The highest BCUT2D eigenvalue weighted by atomic mass is 35.5. The van der Waals surface area contributed by atoms with Gasteiger partial charge in [0.2, 0.25) is 11.8 Å². The number of nitrogen functional groups attached to an aromatic ring is 2. The van der Waals surface area contributed by atoms with E-state index < -0.39 is 35.8 Å². The first-order valence-corrected chi connectivity index (χ1v) is 28.2. The van der Waals surface area contributed by atoms with Crippen molar-refractivity contribution in [2.24, 2.45) is 0 Å². The van der Waals surface area contributed by atoms with Crippen molar-refractivity contribution in [2.75, 3.05) is 127 Å². The van der Waals surface area contributed by atoms with E-state index in [0.717, 1.165) is 32.6 Å². The van der Waals surface area contributed by atoms with Gasteiger partial charge in [-0.15, -0.1) is 0 Å². The van der Waals surface area contributed by atoms with E-state index in [1.807, 2.05) is 60.0 Å². The van der Waals surface area contributed by atoms with Gasteiger partial charge in [0.15, 0.2) is 0 Å². The van der Waals surface area contributed by atoms with Crippen LogP contribution in [-0.4, -0.2) is 183 Å². The Kier molecular flexibility index (Phi) is 20.1. The van der Waals surface area contributed by atoms with Gasteiger partial charge in [-0.05, 0) is 99.2 Å². The van der Waals surface area contributed by atoms with Crippen LogP contribution in [0.15, 0.2) is 60.7 Å². The predicted molar refractivity (Wildman–Crippen MR) is 307 cm³/mol. The van der Waals surface area contributed by atoms with Crippen LogP contribution in [0.25, 0.3) is 0 Å². The zero-order valence-corrected chi connectivity index (χ0v) is 48.4. The fraction of sp³-hybridized carbons (Fsp3) is 0.464. The Morgan fingerprint density at radius 3 is 1.19 bits per heavy atom. The second kappa shape index (κ2) is 26.9. The van der Waals surface area contributed by atoms with E-state index in [2.05, 4.69) is 19.6 Å². The molecule has 4 aromatic rings. The zero-order valence-electron chi connectivity index (χ0n) is 45.4. The van der Waals surface area contributed by atoms with Gasteiger partial charge >= 0.3 is 11.9 Å². The quantitative estimate of drug-likeness (QED) is 0.0738. The minimum Gasteiger partial charge on any atom is -0.496 e. The van der Waals surface area contributed by atoms with Gasteiger partial charge in [-0.1, -0.05) is 46.4 Å². The molecule has 4 heterocycles. The Balaban J connectivity index is 0.909. The molecule has 4 N–H and O–H groups in total. The topological polar surface area (TPSA) is 217 Å². The maximum absolute atomic E-state index is 14.6. The summed E-state index contributed by atoms with van der Waals surface area (Å²) in [6.07, 6.45) is 1.67. The van der Waals surface area contributed by atoms with Crippen molar-refractivity contribution >= 4 is 105 Å². The summed E-state index contributed by atoms with van der Waals surface area (Å²) in [4.78, 5) is 108. The number of piperazine rings is 2. The Morgan fingerprint density at radius 2 is 0.863 bits per heavy atom. The van der Waals surface area contributed by atoms with Crippen molar-refractivity contribution in [3.05, 3.63) is 103 Å². The maximum Gasteiger partial charge on any atom is 0.444 e. The molecule has 4 amide bonds. The fourth-order valence-corrected chi connectivity index (χ4v) is 11.6. The summed E-state index contributed by atoms with van der Waals surface area (Å²) < 4.78 is 11.0. The second-order valence-electron chi connectivity index (χ2n) is 20.4. The minimum atomic E-state index is -1.60. The average Bonchev–Trinajstić information content (AvgIpc) is 3.48. The van der Waals surface area contributed by atoms with Crippen molar-refractivity contribution in [1.29, 1.82) is 0 Å². The number of nitrogens with two attached hydrogens (primary N) is 2. The molecule has 0 atom stereocenters. The molecule has 0 aliphatic carbocycles. The number of rotatable bonds is 14. The number of likely N-dealkylation sites (tertiary alicyclic amines) is 2. The number of ether oxygens (including phenoxy) is 2. The number of carbonyl (C=O) groups is 6. The molecule has 24 heteroatoms. The first-order valence-electron chi connectivity index (χ1n) is 26.7. The van der Waals surface area contributed by atoms with E-state index in [-0.39, 0.29) is 94.4 Å². The van der Waals surface area contributed by atoms with Crippen LogP contribution in [0.1, 0.15) is 70.4 Å². The number of hydroxylamine groups is 4. The molecule has 430 valence electrons. The molecule has 0 radical (unpaired) electrons. The van der Waals surface area contributed by atoms with E-state index in [1.54, 1.807) is 0 Å². The van der Waals surface area contributed by atoms with Crippen molar-refractivity contribution in [1.82, 2.24) is 29.7 Å². The molecule has 4 fully saturated rings. The summed E-state index contributed by atoms with van der Waals surface area (Å²) in [6.45, 7) is 11.7. The number of piperidine rings is 2. The summed E-state index contributed by atoms with van der Waals surface area (Å²) in [5.74, 6) is -4.78. The lowest BCUT2D eigenvalue weighted by molar-refractivity contribution is -0.215. The molecule has 8 rings (SSSR count). The number of benzene rings is 4. The van der Waals surface area contributed by atoms with Gasteiger partial charge < -0.3 is 60.0 Å². The Labute approximate surface area is 486 Å². The Hall–Kier alpha value is -6.42. The molecular weight excluding hydrogens is 1110 g/mol. The van der Waals surface area contributed by atoms with Crippen LogP contribution in [0.4, 0.5) is 22.7 Å². The van der Waals surface area contributed by atoms with E-state index >= 15 is 0 Å². The molecule has 0 bridgehead atoms. The SMILES string of the molecule is COc1cc(N)c(Cl)cc1C(=O)N(OC(=O)C(=O)ON(C(=O)c1cc(Cl)c(N)cc1OC)C1CCN(CCC(=O)N2CCN(c3ccc(Cl)cc3C)CC2)CC1)C1CCN(CCC(=O)N2CCN(c3ccc(Cl)cc3C)CC2)CC1. The largest absolute Gasteiger partial charge is 0.496 e. The third-order valence-corrected chi connectivity index (χ3v) is 16.5. The lowest BCUT2D eigenvalue weighted by Crippen LogP contribution is -2.52. The van der Waals surface area contributed by atoms with Crippen LogP contribution >= 0.6 is 46.4 Å². The van der Waals surface area contributed by atoms with Gasteiger partial charge in [0, 0.05) is 138 Å². The normalized spacial score (nSPS) is 16.8. The van der Waals surface area contributed by atoms with Crippen molar-refractivity contribution < 1.29 is 47.9 Å². The molecular formula is C56H68Cl4N10O10. The highest BCUT2D eigenvalue weighted by Crippen LogP contribution is 2.34. The van der Waals surface area contributed by atoms with E-state index in [9.17, 15) is 28.8 Å². The number of halogens is 4. The van der Waals surface area contributed by atoms with E-state index in [4.69, 9.17) is 77.0 Å². The van der Waals surface area contributed by atoms with E-state index in [0.29, 0.717) is 102 Å². The zero-order chi connectivity index (χ0) is 57.4. The molecule has 20 nitrogen and oxygen atoms in total.